The highest BCUT2D eigenvalue weighted by atomic mass is 16.5. The predicted octanol–water partition coefficient (Wildman–Crippen LogP) is 1.04. The SMILES string of the molecule is COC(=O)C(C)N(CCO)Cc1ccccc1. The van der Waals surface area contributed by atoms with Crippen molar-refractivity contribution in [3.8, 4) is 0 Å². The Morgan fingerprint density at radius 1 is 1.41 bits per heavy atom. The number of aliphatic hydroxyl groups is 1. The van der Waals surface area contributed by atoms with Crippen molar-refractivity contribution in [1.82, 2.24) is 4.90 Å². The van der Waals surface area contributed by atoms with E-state index in [-0.39, 0.29) is 18.6 Å². The highest BCUT2D eigenvalue weighted by Gasteiger charge is 2.21. The Morgan fingerprint density at radius 3 is 2.59 bits per heavy atom. The molecule has 1 atom stereocenters. The van der Waals surface area contributed by atoms with Crippen LogP contribution in [0.4, 0.5) is 0 Å². The van der Waals surface area contributed by atoms with Gasteiger partial charge in [-0.15, -0.1) is 0 Å². The number of esters is 1. The maximum atomic E-state index is 11.5. The van der Waals surface area contributed by atoms with Crippen molar-refractivity contribution >= 4 is 5.97 Å². The molecule has 0 aliphatic heterocycles. The molecule has 0 saturated heterocycles. The van der Waals surface area contributed by atoms with Crippen LogP contribution < -0.4 is 0 Å². The Labute approximate surface area is 102 Å². The van der Waals surface area contributed by atoms with Gasteiger partial charge in [-0.25, -0.2) is 0 Å². The topological polar surface area (TPSA) is 49.8 Å². The van der Waals surface area contributed by atoms with Crippen LogP contribution in [0.1, 0.15) is 12.5 Å². The molecule has 1 rings (SSSR count). The minimum absolute atomic E-state index is 0.0220. The number of rotatable bonds is 6. The number of hydrogen-bond donors (Lipinski definition) is 1. The summed E-state index contributed by atoms with van der Waals surface area (Å²) in [5.41, 5.74) is 1.11. The van der Waals surface area contributed by atoms with Crippen LogP contribution in [-0.4, -0.2) is 42.3 Å². The zero-order valence-electron chi connectivity index (χ0n) is 10.3. The molecular formula is C13H19NO3. The molecule has 0 aliphatic carbocycles. The standard InChI is InChI=1S/C13H19NO3/c1-11(13(16)17-2)14(8-9-15)10-12-6-4-3-5-7-12/h3-7,11,15H,8-10H2,1-2H3. The van der Waals surface area contributed by atoms with Crippen LogP contribution in [-0.2, 0) is 16.1 Å². The van der Waals surface area contributed by atoms with E-state index in [0.29, 0.717) is 13.1 Å². The summed E-state index contributed by atoms with van der Waals surface area (Å²) >= 11 is 0. The number of benzene rings is 1. The Bertz CT molecular complexity index is 340. The van der Waals surface area contributed by atoms with Crippen LogP contribution in [0, 0.1) is 0 Å². The molecule has 17 heavy (non-hydrogen) atoms. The van der Waals surface area contributed by atoms with Crippen molar-refractivity contribution in [1.29, 1.82) is 0 Å². The van der Waals surface area contributed by atoms with E-state index in [2.05, 4.69) is 0 Å². The first kappa shape index (κ1) is 13.7. The summed E-state index contributed by atoms with van der Waals surface area (Å²) < 4.78 is 4.71. The highest BCUT2D eigenvalue weighted by Crippen LogP contribution is 2.08. The van der Waals surface area contributed by atoms with Crippen molar-refractivity contribution < 1.29 is 14.6 Å². The minimum atomic E-state index is -0.354. The molecule has 0 heterocycles. The molecular weight excluding hydrogens is 218 g/mol. The maximum absolute atomic E-state index is 11.5. The number of carbonyl (C=O) groups is 1. The summed E-state index contributed by atoms with van der Waals surface area (Å²) in [6, 6.07) is 9.49. The number of carbonyl (C=O) groups excluding carboxylic acids is 1. The van der Waals surface area contributed by atoms with Gasteiger partial charge in [0.25, 0.3) is 0 Å². The molecule has 0 aliphatic rings. The minimum Gasteiger partial charge on any atom is -0.468 e. The van der Waals surface area contributed by atoms with E-state index >= 15 is 0 Å². The molecule has 1 aromatic rings. The maximum Gasteiger partial charge on any atom is 0.322 e. The molecule has 94 valence electrons. The molecule has 0 spiro atoms. The van der Waals surface area contributed by atoms with Crippen LogP contribution in [0.25, 0.3) is 0 Å². The van der Waals surface area contributed by atoms with Gasteiger partial charge in [0.1, 0.15) is 6.04 Å². The van der Waals surface area contributed by atoms with Gasteiger partial charge >= 0.3 is 5.97 Å². The van der Waals surface area contributed by atoms with E-state index in [9.17, 15) is 4.79 Å². The highest BCUT2D eigenvalue weighted by molar-refractivity contribution is 5.75. The fraction of sp³-hybridized carbons (Fsp3) is 0.462. The van der Waals surface area contributed by atoms with Crippen molar-refractivity contribution in [2.24, 2.45) is 0 Å². The average molecular weight is 237 g/mol. The summed E-state index contributed by atoms with van der Waals surface area (Å²) in [6.45, 7) is 2.88. The van der Waals surface area contributed by atoms with E-state index in [1.807, 2.05) is 35.2 Å². The van der Waals surface area contributed by atoms with Crippen molar-refractivity contribution in [2.75, 3.05) is 20.3 Å². The zero-order valence-corrected chi connectivity index (χ0v) is 10.3. The molecule has 0 aromatic heterocycles. The molecule has 1 N–H and O–H groups in total. The van der Waals surface area contributed by atoms with Crippen LogP contribution in [0.15, 0.2) is 30.3 Å². The Hall–Kier alpha value is -1.39. The third-order valence-electron chi connectivity index (χ3n) is 2.71. The molecule has 0 fully saturated rings. The number of aliphatic hydroxyl groups excluding tert-OH is 1. The van der Waals surface area contributed by atoms with Gasteiger partial charge in [0.15, 0.2) is 0 Å². The number of hydrogen-bond acceptors (Lipinski definition) is 4. The third-order valence-corrected chi connectivity index (χ3v) is 2.71. The zero-order chi connectivity index (χ0) is 12.7. The lowest BCUT2D eigenvalue weighted by atomic mass is 10.2. The van der Waals surface area contributed by atoms with Gasteiger partial charge in [-0.3, -0.25) is 9.69 Å². The van der Waals surface area contributed by atoms with Crippen molar-refractivity contribution in [2.45, 2.75) is 19.5 Å². The fourth-order valence-electron chi connectivity index (χ4n) is 1.68. The van der Waals surface area contributed by atoms with Crippen molar-refractivity contribution in [3.63, 3.8) is 0 Å². The fourth-order valence-corrected chi connectivity index (χ4v) is 1.68. The Balaban J connectivity index is 2.69. The van der Waals surface area contributed by atoms with Crippen LogP contribution >= 0.6 is 0 Å². The lowest BCUT2D eigenvalue weighted by Crippen LogP contribution is -2.40. The largest absolute Gasteiger partial charge is 0.468 e. The predicted molar refractivity (Wildman–Crippen MR) is 65.4 cm³/mol. The van der Waals surface area contributed by atoms with Crippen LogP contribution in [0.2, 0.25) is 0 Å². The molecule has 4 nitrogen and oxygen atoms in total. The van der Waals surface area contributed by atoms with E-state index in [1.165, 1.54) is 7.11 Å². The quantitative estimate of drug-likeness (QED) is 0.751. The average Bonchev–Trinajstić information content (AvgIpc) is 2.37. The van der Waals surface area contributed by atoms with Gasteiger partial charge in [0.2, 0.25) is 0 Å². The van der Waals surface area contributed by atoms with Gasteiger partial charge in [0, 0.05) is 13.1 Å². The smallest absolute Gasteiger partial charge is 0.322 e. The molecule has 1 aromatic carbocycles. The Kier molecular flexibility index (Phi) is 5.66. The van der Waals surface area contributed by atoms with Gasteiger partial charge in [-0.2, -0.15) is 0 Å². The first-order valence-corrected chi connectivity index (χ1v) is 5.65. The molecule has 0 radical (unpaired) electrons. The second-order valence-corrected chi connectivity index (χ2v) is 3.88. The van der Waals surface area contributed by atoms with Gasteiger partial charge in [0.05, 0.1) is 13.7 Å². The lowest BCUT2D eigenvalue weighted by Gasteiger charge is -2.26. The second kappa shape index (κ2) is 7.04. The first-order chi connectivity index (χ1) is 8.19. The van der Waals surface area contributed by atoms with E-state index in [1.54, 1.807) is 6.92 Å². The number of methoxy groups -OCH3 is 1. The summed E-state index contributed by atoms with van der Waals surface area (Å²) in [4.78, 5) is 13.4. The van der Waals surface area contributed by atoms with E-state index < -0.39 is 0 Å². The van der Waals surface area contributed by atoms with Gasteiger partial charge in [-0.1, -0.05) is 30.3 Å². The molecule has 0 amide bonds. The second-order valence-electron chi connectivity index (χ2n) is 3.88. The van der Waals surface area contributed by atoms with Crippen molar-refractivity contribution in [3.05, 3.63) is 35.9 Å². The lowest BCUT2D eigenvalue weighted by molar-refractivity contribution is -0.146. The summed E-state index contributed by atoms with van der Waals surface area (Å²) in [5.74, 6) is -0.283. The van der Waals surface area contributed by atoms with E-state index in [0.717, 1.165) is 5.56 Å². The van der Waals surface area contributed by atoms with Crippen LogP contribution in [0.3, 0.4) is 0 Å². The summed E-state index contributed by atoms with van der Waals surface area (Å²) in [5, 5.41) is 9.02. The molecule has 1 unspecified atom stereocenters. The first-order valence-electron chi connectivity index (χ1n) is 5.65. The molecule has 0 saturated carbocycles. The van der Waals surface area contributed by atoms with Gasteiger partial charge in [-0.05, 0) is 12.5 Å². The normalized spacial score (nSPS) is 12.5. The summed E-state index contributed by atoms with van der Waals surface area (Å²) in [7, 11) is 1.37. The summed E-state index contributed by atoms with van der Waals surface area (Å²) in [6.07, 6.45) is 0. The third kappa shape index (κ3) is 4.17. The van der Waals surface area contributed by atoms with Crippen LogP contribution in [0.5, 0.6) is 0 Å². The van der Waals surface area contributed by atoms with E-state index in [4.69, 9.17) is 9.84 Å². The van der Waals surface area contributed by atoms with Gasteiger partial charge < -0.3 is 9.84 Å². The molecule has 4 heteroatoms. The number of ether oxygens (including phenoxy) is 1. The number of nitrogens with zero attached hydrogens (tertiary/aromatic N) is 1. The monoisotopic (exact) mass is 237 g/mol. The Morgan fingerprint density at radius 2 is 2.06 bits per heavy atom. The molecule has 0 bridgehead atoms.